The first-order chi connectivity index (χ1) is 6.90. The largest absolute Gasteiger partial charge is 0.482 e. The number of hydrogen-bond donors (Lipinski definition) is 1. The van der Waals surface area contributed by atoms with Gasteiger partial charge in [-0.05, 0) is 24.6 Å². The van der Waals surface area contributed by atoms with E-state index in [0.29, 0.717) is 10.0 Å². The SMILES string of the molecule is Cc1cc(Br)cc2c1NC(=O)C(F)(F)O2. The second kappa shape index (κ2) is 3.16. The molecule has 1 aliphatic rings. The van der Waals surface area contributed by atoms with Gasteiger partial charge in [0.05, 0.1) is 5.69 Å². The third-order valence-corrected chi connectivity index (χ3v) is 2.46. The van der Waals surface area contributed by atoms with Crippen LogP contribution in [-0.2, 0) is 4.79 Å². The molecule has 0 bridgehead atoms. The maximum absolute atomic E-state index is 12.9. The summed E-state index contributed by atoms with van der Waals surface area (Å²) in [6.45, 7) is 1.69. The van der Waals surface area contributed by atoms with Crippen molar-refractivity contribution in [1.29, 1.82) is 0 Å². The van der Waals surface area contributed by atoms with E-state index in [0.717, 1.165) is 0 Å². The number of carbonyl (C=O) groups excluding carboxylic acids is 1. The van der Waals surface area contributed by atoms with Crippen molar-refractivity contribution in [2.45, 2.75) is 13.0 Å². The van der Waals surface area contributed by atoms with Crippen LogP contribution < -0.4 is 10.1 Å². The van der Waals surface area contributed by atoms with E-state index < -0.39 is 12.0 Å². The quantitative estimate of drug-likeness (QED) is 0.792. The van der Waals surface area contributed by atoms with Crippen LogP contribution in [0.2, 0.25) is 0 Å². The molecule has 1 aliphatic heterocycles. The molecule has 0 aromatic heterocycles. The zero-order valence-corrected chi connectivity index (χ0v) is 9.19. The van der Waals surface area contributed by atoms with Gasteiger partial charge in [0.2, 0.25) is 0 Å². The summed E-state index contributed by atoms with van der Waals surface area (Å²) in [5.74, 6) is -1.48. The standard InChI is InChI=1S/C9H6BrF2NO2/c1-4-2-5(10)3-6-7(4)13-8(14)9(11,12)15-6/h2-3H,1H3,(H,13,14). The molecule has 0 radical (unpaired) electrons. The minimum Gasteiger partial charge on any atom is -0.423 e. The third kappa shape index (κ3) is 1.69. The lowest BCUT2D eigenvalue weighted by Gasteiger charge is -2.25. The van der Waals surface area contributed by atoms with Gasteiger partial charge in [-0.15, -0.1) is 0 Å². The molecule has 0 atom stereocenters. The van der Waals surface area contributed by atoms with Gasteiger partial charge < -0.3 is 10.1 Å². The van der Waals surface area contributed by atoms with E-state index in [-0.39, 0.29) is 11.4 Å². The Kier molecular flexibility index (Phi) is 2.18. The molecular weight excluding hydrogens is 272 g/mol. The summed E-state index contributed by atoms with van der Waals surface area (Å²) >= 11 is 3.16. The number of alkyl halides is 2. The third-order valence-electron chi connectivity index (χ3n) is 2.01. The van der Waals surface area contributed by atoms with Crippen LogP contribution in [-0.4, -0.2) is 12.0 Å². The molecule has 1 N–H and O–H groups in total. The fraction of sp³-hybridized carbons (Fsp3) is 0.222. The van der Waals surface area contributed by atoms with Gasteiger partial charge in [0.1, 0.15) is 0 Å². The Labute approximate surface area is 92.5 Å². The number of benzene rings is 1. The Balaban J connectivity index is 2.55. The fourth-order valence-electron chi connectivity index (χ4n) is 1.32. The number of hydrogen-bond acceptors (Lipinski definition) is 2. The molecule has 1 heterocycles. The molecule has 0 aliphatic carbocycles. The number of nitrogens with one attached hydrogen (secondary N) is 1. The molecule has 0 saturated carbocycles. The van der Waals surface area contributed by atoms with Gasteiger partial charge in [-0.2, -0.15) is 8.78 Å². The first kappa shape index (κ1) is 10.4. The Hall–Kier alpha value is -1.17. The zero-order chi connectivity index (χ0) is 11.2. The first-order valence-electron chi connectivity index (χ1n) is 4.08. The summed E-state index contributed by atoms with van der Waals surface area (Å²) < 4.78 is 30.7. The summed E-state index contributed by atoms with van der Waals surface area (Å²) in [7, 11) is 0. The van der Waals surface area contributed by atoms with Crippen molar-refractivity contribution < 1.29 is 18.3 Å². The van der Waals surface area contributed by atoms with E-state index >= 15 is 0 Å². The van der Waals surface area contributed by atoms with Crippen LogP contribution in [0.5, 0.6) is 5.75 Å². The van der Waals surface area contributed by atoms with E-state index in [9.17, 15) is 13.6 Å². The van der Waals surface area contributed by atoms with Gasteiger partial charge in [-0.1, -0.05) is 15.9 Å². The van der Waals surface area contributed by atoms with Gasteiger partial charge in [-0.3, -0.25) is 4.79 Å². The van der Waals surface area contributed by atoms with Crippen molar-refractivity contribution in [1.82, 2.24) is 0 Å². The molecule has 3 nitrogen and oxygen atoms in total. The molecule has 1 aromatic carbocycles. The van der Waals surface area contributed by atoms with E-state index in [2.05, 4.69) is 26.0 Å². The maximum Gasteiger partial charge on any atom is 0.482 e. The molecule has 0 spiro atoms. The van der Waals surface area contributed by atoms with Crippen molar-refractivity contribution in [2.24, 2.45) is 0 Å². The average Bonchev–Trinajstić information content (AvgIpc) is 2.08. The lowest BCUT2D eigenvalue weighted by molar-refractivity contribution is -0.189. The topological polar surface area (TPSA) is 38.3 Å². The molecule has 80 valence electrons. The molecule has 1 aromatic rings. The smallest absolute Gasteiger partial charge is 0.423 e. The highest BCUT2D eigenvalue weighted by Crippen LogP contribution is 2.39. The van der Waals surface area contributed by atoms with Gasteiger partial charge >= 0.3 is 12.0 Å². The molecular formula is C9H6BrF2NO2. The molecule has 0 saturated heterocycles. The van der Waals surface area contributed by atoms with Crippen molar-refractivity contribution in [3.05, 3.63) is 22.2 Å². The predicted octanol–water partition coefficient (Wildman–Crippen LogP) is 2.68. The highest BCUT2D eigenvalue weighted by atomic mass is 79.9. The number of rotatable bonds is 0. The van der Waals surface area contributed by atoms with Crippen LogP contribution in [0.1, 0.15) is 5.56 Å². The second-order valence-electron chi connectivity index (χ2n) is 3.17. The maximum atomic E-state index is 12.9. The Morgan fingerprint density at radius 1 is 1.47 bits per heavy atom. The summed E-state index contributed by atoms with van der Waals surface area (Å²) in [6.07, 6.45) is -3.81. The molecule has 0 fully saturated rings. The second-order valence-corrected chi connectivity index (χ2v) is 4.08. The van der Waals surface area contributed by atoms with Gasteiger partial charge in [0.15, 0.2) is 5.75 Å². The molecule has 0 unspecified atom stereocenters. The molecule has 1 amide bonds. The van der Waals surface area contributed by atoms with Crippen molar-refractivity contribution >= 4 is 27.5 Å². The lowest BCUT2D eigenvalue weighted by atomic mass is 10.1. The van der Waals surface area contributed by atoms with E-state index in [1.807, 2.05) is 0 Å². The summed E-state index contributed by atoms with van der Waals surface area (Å²) in [4.78, 5) is 10.9. The van der Waals surface area contributed by atoms with E-state index in [1.54, 1.807) is 13.0 Å². The highest BCUT2D eigenvalue weighted by Gasteiger charge is 2.46. The summed E-state index contributed by atoms with van der Waals surface area (Å²) in [5.41, 5.74) is 0.942. The van der Waals surface area contributed by atoms with E-state index in [1.165, 1.54) is 6.07 Å². The number of aryl methyl sites for hydroxylation is 1. The predicted molar refractivity (Wildman–Crippen MR) is 53.1 cm³/mol. The van der Waals surface area contributed by atoms with Gasteiger partial charge in [0.25, 0.3) is 0 Å². The fourth-order valence-corrected chi connectivity index (χ4v) is 1.88. The Bertz CT molecular complexity index is 448. The number of carbonyl (C=O) groups is 1. The Morgan fingerprint density at radius 2 is 2.13 bits per heavy atom. The normalized spacial score (nSPS) is 17.7. The van der Waals surface area contributed by atoms with Crippen LogP contribution >= 0.6 is 15.9 Å². The number of halogens is 3. The van der Waals surface area contributed by atoms with Crippen LogP contribution in [0, 0.1) is 6.92 Å². The number of anilines is 1. The monoisotopic (exact) mass is 277 g/mol. The van der Waals surface area contributed by atoms with E-state index in [4.69, 9.17) is 0 Å². The van der Waals surface area contributed by atoms with Gasteiger partial charge in [-0.25, -0.2) is 0 Å². The van der Waals surface area contributed by atoms with Crippen molar-refractivity contribution in [2.75, 3.05) is 5.32 Å². The minimum atomic E-state index is -3.81. The van der Waals surface area contributed by atoms with Gasteiger partial charge in [0, 0.05) is 4.47 Å². The van der Waals surface area contributed by atoms with Crippen LogP contribution in [0.15, 0.2) is 16.6 Å². The summed E-state index contributed by atoms with van der Waals surface area (Å²) in [5, 5.41) is 2.11. The highest BCUT2D eigenvalue weighted by molar-refractivity contribution is 9.10. The number of fused-ring (bicyclic) bond motifs is 1. The average molecular weight is 278 g/mol. The minimum absolute atomic E-state index is 0.0357. The lowest BCUT2D eigenvalue weighted by Crippen LogP contribution is -2.43. The Morgan fingerprint density at radius 3 is 2.80 bits per heavy atom. The summed E-state index contributed by atoms with van der Waals surface area (Å²) in [6, 6.07) is 3.08. The molecule has 6 heteroatoms. The first-order valence-corrected chi connectivity index (χ1v) is 4.88. The van der Waals surface area contributed by atoms with Crippen LogP contribution in [0.3, 0.4) is 0 Å². The van der Waals surface area contributed by atoms with Crippen LogP contribution in [0.4, 0.5) is 14.5 Å². The van der Waals surface area contributed by atoms with Crippen LogP contribution in [0.25, 0.3) is 0 Å². The van der Waals surface area contributed by atoms with Crippen molar-refractivity contribution in [3.8, 4) is 5.75 Å². The molecule has 2 rings (SSSR count). The number of amides is 1. The zero-order valence-electron chi connectivity index (χ0n) is 7.61. The molecule has 15 heavy (non-hydrogen) atoms. The number of ether oxygens (including phenoxy) is 1. The van der Waals surface area contributed by atoms with Crippen molar-refractivity contribution in [3.63, 3.8) is 0 Å².